The number of carbonyl (C=O) groups excluding carboxylic acids is 2. The quantitative estimate of drug-likeness (QED) is 0.257. The third kappa shape index (κ3) is 5.45. The molecule has 0 aliphatic heterocycles. The first kappa shape index (κ1) is 25.7. The molecule has 1 saturated carbocycles. The second kappa shape index (κ2) is 11.3. The normalized spacial score (nSPS) is 17.9. The van der Waals surface area contributed by atoms with Gasteiger partial charge in [0.15, 0.2) is 0 Å². The van der Waals surface area contributed by atoms with Gasteiger partial charge in [-0.3, -0.25) is 14.6 Å². The van der Waals surface area contributed by atoms with Crippen molar-refractivity contribution < 1.29 is 14.3 Å². The molecule has 0 unspecified atom stereocenters. The van der Waals surface area contributed by atoms with Crippen LogP contribution in [0.3, 0.4) is 0 Å². The lowest BCUT2D eigenvalue weighted by Crippen LogP contribution is -2.39. The number of esters is 1. The lowest BCUT2D eigenvalue weighted by Gasteiger charge is -2.28. The molecule has 3 aromatic heterocycles. The Bertz CT molecular complexity index is 1650. The number of pyridine rings is 2. The van der Waals surface area contributed by atoms with Gasteiger partial charge in [-0.05, 0) is 61.3 Å². The van der Waals surface area contributed by atoms with Gasteiger partial charge in [-0.2, -0.15) is 5.10 Å². The van der Waals surface area contributed by atoms with Gasteiger partial charge in [-0.15, -0.1) is 0 Å². The first-order chi connectivity index (χ1) is 19.5. The summed E-state index contributed by atoms with van der Waals surface area (Å²) in [5.41, 5.74) is 4.26. The number of nitrogens with zero attached hydrogens (tertiary/aromatic N) is 3. The summed E-state index contributed by atoms with van der Waals surface area (Å²) in [5.74, 6) is -0.439. The average Bonchev–Trinajstić information content (AvgIpc) is 3.43. The zero-order chi connectivity index (χ0) is 27.5. The van der Waals surface area contributed by atoms with Crippen LogP contribution in [0.25, 0.3) is 16.3 Å². The molecule has 202 valence electrons. The van der Waals surface area contributed by atoms with Crippen molar-refractivity contribution >= 4 is 28.2 Å². The highest BCUT2D eigenvalue weighted by molar-refractivity contribution is 6.01. The van der Waals surface area contributed by atoms with E-state index in [1.165, 1.54) is 0 Å². The fourth-order valence-electron chi connectivity index (χ4n) is 5.64. The van der Waals surface area contributed by atoms with Crippen LogP contribution in [0.2, 0.25) is 0 Å². The van der Waals surface area contributed by atoms with Crippen molar-refractivity contribution in [2.45, 2.75) is 51.2 Å². The first-order valence-corrected chi connectivity index (χ1v) is 13.9. The van der Waals surface area contributed by atoms with Crippen molar-refractivity contribution in [2.24, 2.45) is 5.92 Å². The van der Waals surface area contributed by atoms with E-state index >= 15 is 0 Å². The second-order valence-electron chi connectivity index (χ2n) is 10.6. The highest BCUT2D eigenvalue weighted by Crippen LogP contribution is 2.29. The summed E-state index contributed by atoms with van der Waals surface area (Å²) in [6.45, 7) is 1.90. The van der Waals surface area contributed by atoms with Gasteiger partial charge in [-0.25, -0.2) is 4.52 Å². The van der Waals surface area contributed by atoms with Crippen LogP contribution in [-0.2, 0) is 16.0 Å². The standard InChI is InChI=1S/C33H32N4O3/c1-22(23-8-3-2-4-9-23)40-33(39)24-13-15-28(16-14-24)36-32(38)30-21-35-37-17-7-12-26(31(30)37)19-29-18-25-10-5-6-11-27(25)20-34-29/h2-12,17-18,20-22,24,28H,13-16,19H2,1H3,(H,36,38)/t22-,24-,28+/m0/s1. The number of amides is 1. The minimum atomic E-state index is -0.277. The van der Waals surface area contributed by atoms with E-state index < -0.39 is 0 Å². The molecule has 1 aliphatic carbocycles. The van der Waals surface area contributed by atoms with Crippen LogP contribution in [0.4, 0.5) is 0 Å². The maximum atomic E-state index is 13.4. The summed E-state index contributed by atoms with van der Waals surface area (Å²) in [6.07, 6.45) is 8.56. The Kier molecular flexibility index (Phi) is 7.27. The molecule has 0 spiro atoms. The monoisotopic (exact) mass is 532 g/mol. The van der Waals surface area contributed by atoms with Gasteiger partial charge in [0.25, 0.3) is 5.91 Å². The number of rotatable bonds is 7. The van der Waals surface area contributed by atoms with Crippen molar-refractivity contribution in [2.75, 3.05) is 0 Å². The SMILES string of the molecule is C[C@H](OC(=O)[C@H]1CC[C@@H](NC(=O)c2cnn3cccc(Cc4cc5ccccc5cn4)c23)CC1)c1ccccc1. The van der Waals surface area contributed by atoms with Gasteiger partial charge < -0.3 is 10.1 Å². The van der Waals surface area contributed by atoms with Gasteiger partial charge in [0.05, 0.1) is 23.2 Å². The van der Waals surface area contributed by atoms with E-state index in [2.05, 4.69) is 27.5 Å². The zero-order valence-electron chi connectivity index (χ0n) is 22.5. The number of aromatic nitrogens is 3. The largest absolute Gasteiger partial charge is 0.458 e. The van der Waals surface area contributed by atoms with Crippen LogP contribution >= 0.6 is 0 Å². The van der Waals surface area contributed by atoms with E-state index in [1.54, 1.807) is 10.7 Å². The molecule has 2 aromatic carbocycles. The Morgan fingerprint density at radius 3 is 2.50 bits per heavy atom. The van der Waals surface area contributed by atoms with Crippen LogP contribution in [0, 0.1) is 5.92 Å². The molecule has 1 N–H and O–H groups in total. The molecule has 1 atom stereocenters. The van der Waals surface area contributed by atoms with E-state index in [0.717, 1.165) is 46.0 Å². The second-order valence-corrected chi connectivity index (χ2v) is 10.6. The molecule has 40 heavy (non-hydrogen) atoms. The highest BCUT2D eigenvalue weighted by Gasteiger charge is 2.30. The number of hydrogen-bond donors (Lipinski definition) is 1. The molecule has 6 rings (SSSR count). The average molecular weight is 533 g/mol. The number of fused-ring (bicyclic) bond motifs is 2. The minimum absolute atomic E-state index is 0.00682. The Hall–Kier alpha value is -4.52. The van der Waals surface area contributed by atoms with Crippen molar-refractivity contribution in [3.8, 4) is 0 Å². The van der Waals surface area contributed by atoms with Gasteiger partial charge in [-0.1, -0.05) is 60.7 Å². The summed E-state index contributed by atoms with van der Waals surface area (Å²) in [4.78, 5) is 30.8. The molecule has 1 amide bonds. The van der Waals surface area contributed by atoms with Gasteiger partial charge in [0.2, 0.25) is 0 Å². The third-order valence-corrected chi connectivity index (χ3v) is 7.89. The number of carbonyl (C=O) groups is 2. The highest BCUT2D eigenvalue weighted by atomic mass is 16.5. The lowest BCUT2D eigenvalue weighted by molar-refractivity contribution is -0.154. The molecule has 1 fully saturated rings. The van der Waals surface area contributed by atoms with Crippen molar-refractivity contribution in [1.29, 1.82) is 0 Å². The number of nitrogens with one attached hydrogen (secondary N) is 1. The topological polar surface area (TPSA) is 85.6 Å². The smallest absolute Gasteiger partial charge is 0.309 e. The molecule has 7 heteroatoms. The zero-order valence-corrected chi connectivity index (χ0v) is 22.5. The van der Waals surface area contributed by atoms with E-state index in [0.29, 0.717) is 24.8 Å². The van der Waals surface area contributed by atoms with Crippen LogP contribution in [0.15, 0.2) is 91.4 Å². The van der Waals surface area contributed by atoms with E-state index in [1.807, 2.05) is 80.0 Å². The van der Waals surface area contributed by atoms with Gasteiger partial charge in [0, 0.05) is 35.9 Å². The fourth-order valence-corrected chi connectivity index (χ4v) is 5.64. The van der Waals surface area contributed by atoms with E-state index in [4.69, 9.17) is 4.74 Å². The maximum absolute atomic E-state index is 13.4. The number of benzene rings is 2. The molecule has 0 radical (unpaired) electrons. The van der Waals surface area contributed by atoms with Crippen LogP contribution < -0.4 is 5.32 Å². The summed E-state index contributed by atoms with van der Waals surface area (Å²) < 4.78 is 7.50. The number of hydrogen-bond acceptors (Lipinski definition) is 5. The van der Waals surface area contributed by atoms with E-state index in [-0.39, 0.29) is 29.9 Å². The van der Waals surface area contributed by atoms with Crippen LogP contribution in [-0.4, -0.2) is 32.5 Å². The van der Waals surface area contributed by atoms with Crippen molar-refractivity contribution in [1.82, 2.24) is 19.9 Å². The van der Waals surface area contributed by atoms with E-state index in [9.17, 15) is 9.59 Å². The molecule has 7 nitrogen and oxygen atoms in total. The summed E-state index contributed by atoms with van der Waals surface area (Å²) in [6, 6.07) is 24.0. The maximum Gasteiger partial charge on any atom is 0.309 e. The molecule has 3 heterocycles. The Morgan fingerprint density at radius 1 is 0.950 bits per heavy atom. The molecule has 5 aromatic rings. The lowest BCUT2D eigenvalue weighted by atomic mass is 9.86. The molecule has 0 saturated heterocycles. The van der Waals surface area contributed by atoms with Crippen molar-refractivity contribution in [3.05, 3.63) is 114 Å². The predicted octanol–water partition coefficient (Wildman–Crippen LogP) is 6.07. The number of ether oxygens (including phenoxy) is 1. The Morgan fingerprint density at radius 2 is 1.70 bits per heavy atom. The van der Waals surface area contributed by atoms with Gasteiger partial charge in [0.1, 0.15) is 6.10 Å². The minimum Gasteiger partial charge on any atom is -0.458 e. The van der Waals surface area contributed by atoms with Gasteiger partial charge >= 0.3 is 5.97 Å². The summed E-state index contributed by atoms with van der Waals surface area (Å²) >= 11 is 0. The fraction of sp³-hybridized carbons (Fsp3) is 0.273. The van der Waals surface area contributed by atoms with Crippen LogP contribution in [0.5, 0.6) is 0 Å². The summed E-state index contributed by atoms with van der Waals surface area (Å²) in [5, 5.41) is 9.88. The predicted molar refractivity (Wildman–Crippen MR) is 154 cm³/mol. The molecular formula is C33H32N4O3. The summed E-state index contributed by atoms with van der Waals surface area (Å²) in [7, 11) is 0. The third-order valence-electron chi connectivity index (χ3n) is 7.89. The van der Waals surface area contributed by atoms with Crippen LogP contribution in [0.1, 0.15) is 65.9 Å². The molecule has 1 aliphatic rings. The molecule has 0 bridgehead atoms. The Labute approximate surface area is 233 Å². The molecular weight excluding hydrogens is 500 g/mol. The first-order valence-electron chi connectivity index (χ1n) is 13.9. The Balaban J connectivity index is 1.10. The van der Waals surface area contributed by atoms with Crippen molar-refractivity contribution in [3.63, 3.8) is 0 Å².